The quantitative estimate of drug-likeness (QED) is 0.663. The van der Waals surface area contributed by atoms with Crippen LogP contribution in [0.1, 0.15) is 5.69 Å². The van der Waals surface area contributed by atoms with Crippen LogP contribution in [-0.4, -0.2) is 4.98 Å². The summed E-state index contributed by atoms with van der Waals surface area (Å²) in [6, 6.07) is 3.70. The molecule has 1 heterocycles. The van der Waals surface area contributed by atoms with E-state index in [9.17, 15) is 13.2 Å². The lowest BCUT2D eigenvalue weighted by atomic mass is 10.2. The fourth-order valence-corrected chi connectivity index (χ4v) is 1.66. The van der Waals surface area contributed by atoms with Gasteiger partial charge < -0.3 is 4.98 Å². The van der Waals surface area contributed by atoms with Crippen molar-refractivity contribution in [3.05, 3.63) is 40.3 Å². The van der Waals surface area contributed by atoms with Crippen LogP contribution in [-0.2, 0) is 6.18 Å². The molecular weight excluding hydrogens is 241 g/mol. The van der Waals surface area contributed by atoms with E-state index in [1.807, 2.05) is 0 Å². The van der Waals surface area contributed by atoms with Gasteiger partial charge in [0.25, 0.3) is 0 Å². The highest BCUT2D eigenvalue weighted by molar-refractivity contribution is 6.38. The number of benzene rings is 1. The van der Waals surface area contributed by atoms with Crippen molar-refractivity contribution in [1.82, 2.24) is 4.98 Å². The van der Waals surface area contributed by atoms with Crippen molar-refractivity contribution in [2.24, 2.45) is 0 Å². The number of nitrogens with one attached hydrogen (secondary N) is 1. The number of aromatic nitrogens is 1. The van der Waals surface area contributed by atoms with E-state index in [0.29, 0.717) is 0 Å². The molecule has 0 saturated heterocycles. The Morgan fingerprint density at radius 2 is 2.00 bits per heavy atom. The van der Waals surface area contributed by atoms with E-state index >= 15 is 0 Å². The third kappa shape index (κ3) is 1.61. The molecule has 0 atom stereocenters. The molecule has 0 spiro atoms. The lowest BCUT2D eigenvalue weighted by Gasteiger charge is -2.00. The second-order valence-electron chi connectivity index (χ2n) is 3.15. The SMILES string of the molecule is [C-]#[N+]c1ccc2[nH]c(C(F)(F)F)cc2c1Cl. The van der Waals surface area contributed by atoms with Crippen LogP contribution in [0, 0.1) is 6.57 Å². The number of rotatable bonds is 0. The number of alkyl halides is 3. The normalized spacial score (nSPS) is 11.7. The van der Waals surface area contributed by atoms with Gasteiger partial charge in [0.2, 0.25) is 5.69 Å². The van der Waals surface area contributed by atoms with E-state index in [-0.39, 0.29) is 21.6 Å². The summed E-state index contributed by atoms with van der Waals surface area (Å²) in [5, 5.41) is 0.252. The first-order valence-electron chi connectivity index (χ1n) is 4.19. The van der Waals surface area contributed by atoms with E-state index < -0.39 is 11.9 Å². The van der Waals surface area contributed by atoms with Crippen LogP contribution in [0.2, 0.25) is 5.02 Å². The van der Waals surface area contributed by atoms with E-state index in [1.165, 1.54) is 12.1 Å². The second kappa shape index (κ2) is 3.42. The van der Waals surface area contributed by atoms with E-state index in [0.717, 1.165) is 6.07 Å². The largest absolute Gasteiger partial charge is 0.431 e. The maximum atomic E-state index is 12.4. The van der Waals surface area contributed by atoms with E-state index in [4.69, 9.17) is 18.2 Å². The lowest BCUT2D eigenvalue weighted by Crippen LogP contribution is -2.04. The van der Waals surface area contributed by atoms with Crippen LogP contribution in [0.5, 0.6) is 0 Å². The Labute approximate surface area is 93.5 Å². The van der Waals surface area contributed by atoms with Crippen molar-refractivity contribution in [3.8, 4) is 0 Å². The smallest absolute Gasteiger partial charge is 0.351 e. The number of hydrogen-bond acceptors (Lipinski definition) is 0. The predicted octanol–water partition coefficient (Wildman–Crippen LogP) is 4.39. The van der Waals surface area contributed by atoms with Gasteiger partial charge in [0.15, 0.2) is 0 Å². The molecule has 1 N–H and O–H groups in total. The highest BCUT2D eigenvalue weighted by atomic mass is 35.5. The summed E-state index contributed by atoms with van der Waals surface area (Å²) in [4.78, 5) is 5.33. The molecule has 0 aliphatic carbocycles. The van der Waals surface area contributed by atoms with Crippen LogP contribution in [0.4, 0.5) is 18.9 Å². The van der Waals surface area contributed by atoms with E-state index in [2.05, 4.69) is 9.83 Å². The Morgan fingerprint density at radius 3 is 2.56 bits per heavy atom. The van der Waals surface area contributed by atoms with Crippen molar-refractivity contribution in [2.75, 3.05) is 0 Å². The highest BCUT2D eigenvalue weighted by Gasteiger charge is 2.32. The summed E-state index contributed by atoms with van der Waals surface area (Å²) in [6.07, 6.45) is -4.44. The van der Waals surface area contributed by atoms with Crippen molar-refractivity contribution >= 4 is 28.2 Å². The third-order valence-electron chi connectivity index (χ3n) is 2.14. The molecule has 0 saturated carbocycles. The molecule has 1 aromatic heterocycles. The third-order valence-corrected chi connectivity index (χ3v) is 2.54. The fourth-order valence-electron chi connectivity index (χ4n) is 1.40. The first-order chi connectivity index (χ1) is 7.43. The molecule has 2 rings (SSSR count). The van der Waals surface area contributed by atoms with Crippen LogP contribution >= 0.6 is 11.6 Å². The maximum Gasteiger partial charge on any atom is 0.431 e. The first-order valence-corrected chi connectivity index (χ1v) is 4.57. The molecule has 1 aromatic carbocycles. The topological polar surface area (TPSA) is 20.1 Å². The Hall–Kier alpha value is -1.67. The molecule has 6 heteroatoms. The number of aromatic amines is 1. The summed E-state index contributed by atoms with van der Waals surface area (Å²) in [7, 11) is 0. The van der Waals surface area contributed by atoms with Gasteiger partial charge in [-0.2, -0.15) is 13.2 Å². The maximum absolute atomic E-state index is 12.4. The molecule has 2 aromatic rings. The predicted molar refractivity (Wildman–Crippen MR) is 54.6 cm³/mol. The summed E-state index contributed by atoms with van der Waals surface area (Å²) in [5.74, 6) is 0. The zero-order valence-corrected chi connectivity index (χ0v) is 8.45. The zero-order valence-electron chi connectivity index (χ0n) is 7.69. The molecule has 0 aliphatic rings. The molecule has 0 unspecified atom stereocenters. The van der Waals surface area contributed by atoms with Crippen LogP contribution in [0.15, 0.2) is 18.2 Å². The molecule has 16 heavy (non-hydrogen) atoms. The van der Waals surface area contributed by atoms with Gasteiger partial charge in [0.05, 0.1) is 11.6 Å². The molecule has 0 aliphatic heterocycles. The molecule has 0 radical (unpaired) electrons. The molecule has 0 fully saturated rings. The van der Waals surface area contributed by atoms with Gasteiger partial charge in [-0.15, -0.1) is 0 Å². The Balaban J connectivity index is 2.73. The van der Waals surface area contributed by atoms with Gasteiger partial charge >= 0.3 is 6.18 Å². The van der Waals surface area contributed by atoms with Gasteiger partial charge in [-0.05, 0) is 12.1 Å². The number of fused-ring (bicyclic) bond motifs is 1. The fraction of sp³-hybridized carbons (Fsp3) is 0.100. The van der Waals surface area contributed by atoms with Crippen molar-refractivity contribution in [3.63, 3.8) is 0 Å². The number of nitrogens with zero attached hydrogens (tertiary/aromatic N) is 1. The molecule has 0 bridgehead atoms. The molecule has 0 amide bonds. The Bertz CT molecular complexity index is 592. The number of hydrogen-bond donors (Lipinski definition) is 1. The minimum Gasteiger partial charge on any atom is -0.351 e. The van der Waals surface area contributed by atoms with Gasteiger partial charge in [0, 0.05) is 10.9 Å². The van der Waals surface area contributed by atoms with Gasteiger partial charge in [-0.25, -0.2) is 4.85 Å². The average Bonchev–Trinajstić information content (AvgIpc) is 2.62. The van der Waals surface area contributed by atoms with Gasteiger partial charge in [-0.3, -0.25) is 0 Å². The summed E-state index contributed by atoms with van der Waals surface area (Å²) in [5.41, 5.74) is -0.460. The Kier molecular flexibility index (Phi) is 2.32. The first kappa shape index (κ1) is 10.8. The summed E-state index contributed by atoms with van der Waals surface area (Å²) in [6.45, 7) is 6.80. The molecule has 2 nitrogen and oxygen atoms in total. The molecule has 82 valence electrons. The van der Waals surface area contributed by atoms with E-state index in [1.54, 1.807) is 0 Å². The van der Waals surface area contributed by atoms with Crippen LogP contribution in [0.3, 0.4) is 0 Å². The van der Waals surface area contributed by atoms with Gasteiger partial charge in [0.1, 0.15) is 5.69 Å². The minimum atomic E-state index is -4.44. The van der Waals surface area contributed by atoms with Crippen LogP contribution in [0.25, 0.3) is 15.7 Å². The van der Waals surface area contributed by atoms with Gasteiger partial charge in [-0.1, -0.05) is 17.7 Å². The minimum absolute atomic E-state index is 0.0410. The monoisotopic (exact) mass is 244 g/mol. The second-order valence-corrected chi connectivity index (χ2v) is 3.53. The Morgan fingerprint density at radius 1 is 1.31 bits per heavy atom. The highest BCUT2D eigenvalue weighted by Crippen LogP contribution is 2.37. The zero-order chi connectivity index (χ0) is 11.9. The average molecular weight is 245 g/mol. The van der Waals surface area contributed by atoms with Crippen molar-refractivity contribution < 1.29 is 13.2 Å². The van der Waals surface area contributed by atoms with Crippen molar-refractivity contribution in [1.29, 1.82) is 0 Å². The number of halogens is 4. The van der Waals surface area contributed by atoms with Crippen LogP contribution < -0.4 is 0 Å². The molecular formula is C10H4ClF3N2. The summed E-state index contributed by atoms with van der Waals surface area (Å²) >= 11 is 5.80. The lowest BCUT2D eigenvalue weighted by molar-refractivity contribution is -0.140. The van der Waals surface area contributed by atoms with Crippen molar-refractivity contribution in [2.45, 2.75) is 6.18 Å². The summed E-state index contributed by atoms with van der Waals surface area (Å²) < 4.78 is 37.2. The number of H-pyrrole nitrogens is 1. The standard InChI is InChI=1S/C10H4ClF3N2/c1-15-7-3-2-6-5(9(7)11)4-8(16-6)10(12,13)14/h2-4,16H.